The first kappa shape index (κ1) is 12.2. The maximum absolute atomic E-state index is 11.9. The van der Waals surface area contributed by atoms with E-state index in [0.717, 1.165) is 19.3 Å². The van der Waals surface area contributed by atoms with Gasteiger partial charge in [0.05, 0.1) is 0 Å². The van der Waals surface area contributed by atoms with E-state index in [-0.39, 0.29) is 23.7 Å². The maximum Gasteiger partial charge on any atom is 0.233 e. The first-order valence-electron chi connectivity index (χ1n) is 5.92. The number of carbonyl (C=O) groups excluding carboxylic acids is 2. The highest BCUT2D eigenvalue weighted by Gasteiger charge is 2.39. The van der Waals surface area contributed by atoms with Gasteiger partial charge in [-0.25, -0.2) is 0 Å². The second-order valence-electron chi connectivity index (χ2n) is 4.65. The van der Waals surface area contributed by atoms with Crippen molar-refractivity contribution in [2.24, 2.45) is 11.8 Å². The number of carbonyl (C=O) groups is 2. The molecule has 0 aromatic carbocycles. The van der Waals surface area contributed by atoms with Crippen LogP contribution in [0.3, 0.4) is 0 Å². The first-order valence-corrected chi connectivity index (χ1v) is 5.92. The molecule has 1 aliphatic heterocycles. The summed E-state index contributed by atoms with van der Waals surface area (Å²) in [6.07, 6.45) is 3.56. The lowest BCUT2D eigenvalue weighted by Gasteiger charge is -2.15. The molecule has 0 aliphatic carbocycles. The van der Waals surface area contributed by atoms with Crippen molar-refractivity contribution in [3.05, 3.63) is 0 Å². The Morgan fingerprint density at radius 1 is 1.33 bits per heavy atom. The molecule has 3 nitrogen and oxygen atoms in total. The van der Waals surface area contributed by atoms with E-state index in [9.17, 15) is 9.59 Å². The number of unbranched alkanes of at least 4 members (excludes halogenated alkanes) is 2. The van der Waals surface area contributed by atoms with Crippen LogP contribution >= 0.6 is 0 Å². The summed E-state index contributed by atoms with van der Waals surface area (Å²) in [7, 11) is 0. The second-order valence-corrected chi connectivity index (χ2v) is 4.65. The number of imide groups is 1. The van der Waals surface area contributed by atoms with Gasteiger partial charge >= 0.3 is 0 Å². The lowest BCUT2D eigenvalue weighted by Crippen LogP contribution is -2.32. The fourth-order valence-electron chi connectivity index (χ4n) is 1.98. The molecule has 0 saturated carbocycles. The van der Waals surface area contributed by atoms with Crippen molar-refractivity contribution in [1.82, 2.24) is 4.90 Å². The molecule has 1 atom stereocenters. The van der Waals surface area contributed by atoms with Gasteiger partial charge in [0.15, 0.2) is 0 Å². The van der Waals surface area contributed by atoms with Gasteiger partial charge in [-0.15, -0.1) is 0 Å². The van der Waals surface area contributed by atoms with Crippen LogP contribution in [-0.2, 0) is 9.59 Å². The third-order valence-electron chi connectivity index (χ3n) is 3.07. The fraction of sp³-hybridized carbons (Fsp3) is 0.833. The van der Waals surface area contributed by atoms with Gasteiger partial charge in [0, 0.05) is 18.9 Å². The van der Waals surface area contributed by atoms with Crippen molar-refractivity contribution in [1.29, 1.82) is 0 Å². The molecule has 0 radical (unpaired) electrons. The molecule has 0 aromatic heterocycles. The van der Waals surface area contributed by atoms with Crippen LogP contribution in [0.1, 0.15) is 46.5 Å². The van der Waals surface area contributed by atoms with Gasteiger partial charge in [-0.2, -0.15) is 0 Å². The van der Waals surface area contributed by atoms with Crippen molar-refractivity contribution in [3.63, 3.8) is 0 Å². The van der Waals surface area contributed by atoms with Gasteiger partial charge in [0.25, 0.3) is 0 Å². The molecule has 86 valence electrons. The zero-order chi connectivity index (χ0) is 11.4. The van der Waals surface area contributed by atoms with Crippen molar-refractivity contribution in [3.8, 4) is 0 Å². The summed E-state index contributed by atoms with van der Waals surface area (Å²) >= 11 is 0. The van der Waals surface area contributed by atoms with E-state index in [0.29, 0.717) is 13.0 Å². The van der Waals surface area contributed by atoms with E-state index in [1.807, 2.05) is 13.8 Å². The average Bonchev–Trinajstić information content (AvgIpc) is 2.45. The topological polar surface area (TPSA) is 37.4 Å². The summed E-state index contributed by atoms with van der Waals surface area (Å²) < 4.78 is 0. The molecule has 1 aliphatic rings. The molecule has 1 saturated heterocycles. The smallest absolute Gasteiger partial charge is 0.233 e. The molecule has 1 unspecified atom stereocenters. The highest BCUT2D eigenvalue weighted by Crippen LogP contribution is 2.26. The number of rotatable bonds is 5. The molecular weight excluding hydrogens is 190 g/mol. The Bertz CT molecular complexity index is 248. The molecule has 1 heterocycles. The summed E-state index contributed by atoms with van der Waals surface area (Å²) in [5.41, 5.74) is 0. The molecule has 1 rings (SSSR count). The average molecular weight is 211 g/mol. The monoisotopic (exact) mass is 211 g/mol. The largest absolute Gasteiger partial charge is 0.282 e. The van der Waals surface area contributed by atoms with E-state index in [2.05, 4.69) is 6.92 Å². The Morgan fingerprint density at radius 2 is 2.00 bits per heavy atom. The lowest BCUT2D eigenvalue weighted by molar-refractivity contribution is -0.139. The summed E-state index contributed by atoms with van der Waals surface area (Å²) in [5.74, 6) is 0.276. The van der Waals surface area contributed by atoms with Crippen molar-refractivity contribution < 1.29 is 9.59 Å². The maximum atomic E-state index is 11.9. The Kier molecular flexibility index (Phi) is 4.30. The number of hydrogen-bond donors (Lipinski definition) is 0. The van der Waals surface area contributed by atoms with Gasteiger partial charge in [-0.3, -0.25) is 14.5 Å². The van der Waals surface area contributed by atoms with E-state index >= 15 is 0 Å². The third kappa shape index (κ3) is 2.80. The van der Waals surface area contributed by atoms with Crippen LogP contribution < -0.4 is 0 Å². The predicted octanol–water partition coefficient (Wildman–Crippen LogP) is 2.21. The Morgan fingerprint density at radius 3 is 2.47 bits per heavy atom. The van der Waals surface area contributed by atoms with Crippen molar-refractivity contribution >= 4 is 11.8 Å². The minimum atomic E-state index is -0.0703. The minimum absolute atomic E-state index is 0.0230. The van der Waals surface area contributed by atoms with Gasteiger partial charge in [-0.05, 0) is 12.3 Å². The second kappa shape index (κ2) is 5.29. The van der Waals surface area contributed by atoms with E-state index in [1.54, 1.807) is 0 Å². The van der Waals surface area contributed by atoms with E-state index in [4.69, 9.17) is 0 Å². The van der Waals surface area contributed by atoms with Gasteiger partial charge in [-0.1, -0.05) is 33.6 Å². The first-order chi connectivity index (χ1) is 7.07. The van der Waals surface area contributed by atoms with Crippen molar-refractivity contribution in [2.45, 2.75) is 46.5 Å². The van der Waals surface area contributed by atoms with Crippen LogP contribution in [0.2, 0.25) is 0 Å². The standard InChI is InChI=1S/C12H21NO2/c1-4-5-6-7-13-11(14)8-10(9(2)3)12(13)15/h9-10H,4-8H2,1-3H3. The number of nitrogens with zero attached hydrogens (tertiary/aromatic N) is 1. The van der Waals surface area contributed by atoms with Crippen LogP contribution in [0.15, 0.2) is 0 Å². The third-order valence-corrected chi connectivity index (χ3v) is 3.07. The zero-order valence-electron chi connectivity index (χ0n) is 9.95. The summed E-state index contributed by atoms with van der Waals surface area (Å²) in [6.45, 7) is 6.75. The Balaban J connectivity index is 2.51. The lowest BCUT2D eigenvalue weighted by atomic mass is 9.94. The zero-order valence-corrected chi connectivity index (χ0v) is 9.95. The Hall–Kier alpha value is -0.860. The normalized spacial score (nSPS) is 21.9. The molecule has 3 heteroatoms. The number of amides is 2. The van der Waals surface area contributed by atoms with E-state index in [1.165, 1.54) is 4.90 Å². The molecule has 0 N–H and O–H groups in total. The van der Waals surface area contributed by atoms with Crippen LogP contribution in [0.4, 0.5) is 0 Å². The number of likely N-dealkylation sites (tertiary alicyclic amines) is 1. The van der Waals surface area contributed by atoms with Gasteiger partial charge in [0.2, 0.25) is 11.8 Å². The molecule has 0 spiro atoms. The van der Waals surface area contributed by atoms with E-state index < -0.39 is 0 Å². The van der Waals surface area contributed by atoms with Crippen LogP contribution in [-0.4, -0.2) is 23.3 Å². The molecule has 0 aromatic rings. The predicted molar refractivity (Wildman–Crippen MR) is 59.2 cm³/mol. The van der Waals surface area contributed by atoms with Crippen LogP contribution in [0, 0.1) is 11.8 Å². The molecular formula is C12H21NO2. The quantitative estimate of drug-likeness (QED) is 0.516. The minimum Gasteiger partial charge on any atom is -0.282 e. The molecule has 15 heavy (non-hydrogen) atoms. The Labute approximate surface area is 91.8 Å². The fourth-order valence-corrected chi connectivity index (χ4v) is 1.98. The molecule has 0 bridgehead atoms. The summed E-state index contributed by atoms with van der Waals surface area (Å²) in [5, 5.41) is 0. The number of hydrogen-bond acceptors (Lipinski definition) is 2. The molecule has 1 fully saturated rings. The van der Waals surface area contributed by atoms with Gasteiger partial charge in [0.1, 0.15) is 0 Å². The van der Waals surface area contributed by atoms with Crippen LogP contribution in [0.25, 0.3) is 0 Å². The highest BCUT2D eigenvalue weighted by molar-refractivity contribution is 6.03. The van der Waals surface area contributed by atoms with Gasteiger partial charge < -0.3 is 0 Å². The summed E-state index contributed by atoms with van der Waals surface area (Å²) in [4.78, 5) is 24.9. The molecule has 2 amide bonds. The van der Waals surface area contributed by atoms with Crippen molar-refractivity contribution in [2.75, 3.05) is 6.54 Å². The highest BCUT2D eigenvalue weighted by atomic mass is 16.2. The van der Waals surface area contributed by atoms with Crippen LogP contribution in [0.5, 0.6) is 0 Å². The SMILES string of the molecule is CCCCCN1C(=O)CC(C(C)C)C1=O. The summed E-state index contributed by atoms with van der Waals surface area (Å²) in [6, 6.07) is 0.